The van der Waals surface area contributed by atoms with E-state index in [1.807, 2.05) is 6.07 Å². The Bertz CT molecular complexity index is 472. The van der Waals surface area contributed by atoms with Crippen molar-refractivity contribution < 1.29 is 4.74 Å². The Morgan fingerprint density at radius 1 is 1.47 bits per heavy atom. The predicted molar refractivity (Wildman–Crippen MR) is 63.8 cm³/mol. The van der Waals surface area contributed by atoms with Crippen molar-refractivity contribution in [2.75, 3.05) is 18.5 Å². The molecule has 0 radical (unpaired) electrons. The normalized spacial score (nSPS) is 22.2. The lowest BCUT2D eigenvalue weighted by Crippen LogP contribution is -2.20. The summed E-state index contributed by atoms with van der Waals surface area (Å²) in [4.78, 5) is 4.60. The molecule has 0 spiro atoms. The van der Waals surface area contributed by atoms with E-state index >= 15 is 0 Å². The zero-order valence-electron chi connectivity index (χ0n) is 9.70. The molecular weight excluding hydrogens is 214 g/mol. The molecule has 0 bridgehead atoms. The third-order valence-electron chi connectivity index (χ3n) is 3.44. The lowest BCUT2D eigenvalue weighted by atomic mass is 10.1. The zero-order chi connectivity index (χ0) is 11.7. The highest BCUT2D eigenvalue weighted by molar-refractivity contribution is 5.55. The topological polar surface area (TPSA) is 57.9 Å². The second-order valence-corrected chi connectivity index (χ2v) is 4.66. The summed E-state index contributed by atoms with van der Waals surface area (Å²) in [6.45, 7) is 1.51. The van der Waals surface area contributed by atoms with Gasteiger partial charge in [-0.3, -0.25) is 0 Å². The van der Waals surface area contributed by atoms with Gasteiger partial charge in [-0.05, 0) is 37.3 Å². The average Bonchev–Trinajstić information content (AvgIpc) is 2.98. The summed E-state index contributed by atoms with van der Waals surface area (Å²) < 4.78 is 5.32. The summed E-state index contributed by atoms with van der Waals surface area (Å²) in [7, 11) is 0. The Kier molecular flexibility index (Phi) is 2.69. The molecule has 4 nitrogen and oxygen atoms in total. The number of nitriles is 1. The number of pyridine rings is 1. The van der Waals surface area contributed by atoms with Gasteiger partial charge < -0.3 is 10.1 Å². The van der Waals surface area contributed by atoms with Crippen LogP contribution in [0.1, 0.15) is 29.7 Å². The van der Waals surface area contributed by atoms with Crippen molar-refractivity contribution in [2.24, 2.45) is 0 Å². The first-order valence-electron chi connectivity index (χ1n) is 6.14. The van der Waals surface area contributed by atoms with Crippen LogP contribution in [0.4, 0.5) is 5.82 Å². The molecule has 1 fully saturated rings. The Morgan fingerprint density at radius 3 is 3.18 bits per heavy atom. The van der Waals surface area contributed by atoms with Gasteiger partial charge in [0.1, 0.15) is 11.9 Å². The molecule has 3 rings (SSSR count). The highest BCUT2D eigenvalue weighted by Gasteiger charge is 2.20. The van der Waals surface area contributed by atoms with Crippen molar-refractivity contribution in [3.05, 3.63) is 22.9 Å². The van der Waals surface area contributed by atoms with Gasteiger partial charge in [-0.2, -0.15) is 5.26 Å². The van der Waals surface area contributed by atoms with Crippen LogP contribution in [0.5, 0.6) is 0 Å². The average molecular weight is 229 g/mol. The van der Waals surface area contributed by atoms with E-state index in [-0.39, 0.29) is 0 Å². The molecular formula is C13H15N3O. The van der Waals surface area contributed by atoms with Gasteiger partial charge in [-0.15, -0.1) is 0 Å². The Hall–Kier alpha value is -1.60. The standard InChI is InChI=1S/C13H15N3O/c14-7-10-6-9-2-1-3-12(9)16-13(10)15-11-4-5-17-8-11/h6,11H,1-5,8H2,(H,15,16). The lowest BCUT2D eigenvalue weighted by molar-refractivity contribution is 0.195. The molecule has 1 aromatic heterocycles. The Morgan fingerprint density at radius 2 is 2.41 bits per heavy atom. The summed E-state index contributed by atoms with van der Waals surface area (Å²) in [5.41, 5.74) is 3.07. The largest absolute Gasteiger partial charge is 0.379 e. The molecule has 2 aliphatic rings. The van der Waals surface area contributed by atoms with Crippen LogP contribution in [0, 0.1) is 11.3 Å². The molecule has 2 heterocycles. The van der Waals surface area contributed by atoms with Crippen molar-refractivity contribution >= 4 is 5.82 Å². The summed E-state index contributed by atoms with van der Waals surface area (Å²) in [6.07, 6.45) is 4.24. The minimum Gasteiger partial charge on any atom is -0.379 e. The molecule has 0 amide bonds. The zero-order valence-corrected chi connectivity index (χ0v) is 9.70. The maximum atomic E-state index is 9.16. The summed E-state index contributed by atoms with van der Waals surface area (Å²) in [5.74, 6) is 0.739. The number of rotatable bonds is 2. The van der Waals surface area contributed by atoms with Gasteiger partial charge in [0.15, 0.2) is 0 Å². The van der Waals surface area contributed by atoms with Crippen molar-refractivity contribution in [1.82, 2.24) is 4.98 Å². The van der Waals surface area contributed by atoms with Crippen LogP contribution in [0.3, 0.4) is 0 Å². The highest BCUT2D eigenvalue weighted by Crippen LogP contribution is 2.25. The SMILES string of the molecule is N#Cc1cc2c(nc1NC1CCOC1)CCC2. The van der Waals surface area contributed by atoms with E-state index in [0.29, 0.717) is 18.2 Å². The maximum absolute atomic E-state index is 9.16. The maximum Gasteiger partial charge on any atom is 0.144 e. The van der Waals surface area contributed by atoms with Gasteiger partial charge >= 0.3 is 0 Å². The first kappa shape index (κ1) is 10.5. The summed E-state index contributed by atoms with van der Waals surface area (Å²) in [6, 6.07) is 4.53. The minimum absolute atomic E-state index is 0.300. The lowest BCUT2D eigenvalue weighted by Gasteiger charge is -2.13. The fourth-order valence-corrected chi connectivity index (χ4v) is 2.51. The summed E-state index contributed by atoms with van der Waals surface area (Å²) in [5, 5.41) is 12.5. The van der Waals surface area contributed by atoms with E-state index in [9.17, 15) is 0 Å². The number of hydrogen-bond acceptors (Lipinski definition) is 4. The molecule has 0 saturated carbocycles. The summed E-state index contributed by atoms with van der Waals surface area (Å²) >= 11 is 0. The van der Waals surface area contributed by atoms with E-state index in [4.69, 9.17) is 10.00 Å². The molecule has 1 atom stereocenters. The van der Waals surface area contributed by atoms with E-state index in [1.165, 1.54) is 5.56 Å². The molecule has 4 heteroatoms. The Labute approximate surface area is 101 Å². The van der Waals surface area contributed by atoms with Gasteiger partial charge in [0.25, 0.3) is 0 Å². The van der Waals surface area contributed by atoms with E-state index in [1.54, 1.807) is 0 Å². The number of aryl methyl sites for hydroxylation is 2. The molecule has 88 valence electrons. The number of ether oxygens (including phenoxy) is 1. The van der Waals surface area contributed by atoms with Crippen LogP contribution in [0.15, 0.2) is 6.07 Å². The van der Waals surface area contributed by atoms with Crippen molar-refractivity contribution in [1.29, 1.82) is 5.26 Å². The van der Waals surface area contributed by atoms with E-state index in [0.717, 1.165) is 43.8 Å². The molecule has 1 aliphatic heterocycles. The molecule has 1 aromatic rings. The Balaban J connectivity index is 1.89. The van der Waals surface area contributed by atoms with Gasteiger partial charge in [0.2, 0.25) is 0 Å². The van der Waals surface area contributed by atoms with Crippen molar-refractivity contribution in [3.63, 3.8) is 0 Å². The van der Waals surface area contributed by atoms with Crippen LogP contribution in [0.2, 0.25) is 0 Å². The van der Waals surface area contributed by atoms with Crippen LogP contribution in [0.25, 0.3) is 0 Å². The first-order chi connectivity index (χ1) is 8.36. The van der Waals surface area contributed by atoms with Crippen molar-refractivity contribution in [3.8, 4) is 6.07 Å². The number of hydrogen-bond donors (Lipinski definition) is 1. The van der Waals surface area contributed by atoms with Crippen LogP contribution < -0.4 is 5.32 Å². The number of aromatic nitrogens is 1. The fourth-order valence-electron chi connectivity index (χ4n) is 2.51. The number of nitrogens with one attached hydrogen (secondary N) is 1. The highest BCUT2D eigenvalue weighted by atomic mass is 16.5. The second-order valence-electron chi connectivity index (χ2n) is 4.66. The van der Waals surface area contributed by atoms with Crippen LogP contribution in [-0.4, -0.2) is 24.2 Å². The second kappa shape index (κ2) is 4.34. The third-order valence-corrected chi connectivity index (χ3v) is 3.44. The third kappa shape index (κ3) is 1.98. The minimum atomic E-state index is 0.300. The van der Waals surface area contributed by atoms with Crippen LogP contribution >= 0.6 is 0 Å². The van der Waals surface area contributed by atoms with Crippen LogP contribution in [-0.2, 0) is 17.6 Å². The monoisotopic (exact) mass is 229 g/mol. The molecule has 0 aromatic carbocycles. The number of fused-ring (bicyclic) bond motifs is 1. The van der Waals surface area contributed by atoms with Gasteiger partial charge in [-0.1, -0.05) is 0 Å². The smallest absolute Gasteiger partial charge is 0.144 e. The molecule has 1 saturated heterocycles. The number of nitrogens with zero attached hydrogens (tertiary/aromatic N) is 2. The molecule has 1 unspecified atom stereocenters. The first-order valence-corrected chi connectivity index (χ1v) is 6.14. The fraction of sp³-hybridized carbons (Fsp3) is 0.538. The molecule has 17 heavy (non-hydrogen) atoms. The van der Waals surface area contributed by atoms with Gasteiger partial charge in [0.05, 0.1) is 18.2 Å². The van der Waals surface area contributed by atoms with E-state index in [2.05, 4.69) is 16.4 Å². The van der Waals surface area contributed by atoms with Gasteiger partial charge in [0, 0.05) is 12.3 Å². The van der Waals surface area contributed by atoms with Gasteiger partial charge in [-0.25, -0.2) is 4.98 Å². The predicted octanol–water partition coefficient (Wildman–Crippen LogP) is 1.64. The number of anilines is 1. The molecule has 1 N–H and O–H groups in total. The van der Waals surface area contributed by atoms with E-state index < -0.39 is 0 Å². The quantitative estimate of drug-likeness (QED) is 0.837. The molecule has 1 aliphatic carbocycles. The van der Waals surface area contributed by atoms with Crippen molar-refractivity contribution in [2.45, 2.75) is 31.7 Å².